The Labute approximate surface area is 144 Å². The minimum absolute atomic E-state index is 0.0855. The molecule has 1 atom stereocenters. The second kappa shape index (κ2) is 5.98. The SMILES string of the molecule is COc1ccccc1-n1cc(C(C)n2cc3ncccc3c2O)cn1. The molecule has 1 aromatic carbocycles. The van der Waals surface area contributed by atoms with Crippen molar-refractivity contribution in [3.05, 3.63) is 66.7 Å². The van der Waals surface area contributed by atoms with Gasteiger partial charge >= 0.3 is 0 Å². The highest BCUT2D eigenvalue weighted by molar-refractivity contribution is 5.84. The number of rotatable bonds is 4. The summed E-state index contributed by atoms with van der Waals surface area (Å²) in [5.74, 6) is 0.962. The van der Waals surface area contributed by atoms with Gasteiger partial charge in [-0.15, -0.1) is 0 Å². The predicted molar refractivity (Wildman–Crippen MR) is 95.3 cm³/mol. The lowest BCUT2D eigenvalue weighted by atomic mass is 10.2. The fourth-order valence-electron chi connectivity index (χ4n) is 3.00. The molecular weight excluding hydrogens is 316 g/mol. The minimum Gasteiger partial charge on any atom is -0.494 e. The van der Waals surface area contributed by atoms with Gasteiger partial charge in [-0.3, -0.25) is 4.98 Å². The van der Waals surface area contributed by atoms with Crippen molar-refractivity contribution < 1.29 is 9.84 Å². The normalized spacial score (nSPS) is 12.4. The van der Waals surface area contributed by atoms with Crippen LogP contribution in [0.2, 0.25) is 0 Å². The van der Waals surface area contributed by atoms with E-state index in [2.05, 4.69) is 10.1 Å². The van der Waals surface area contributed by atoms with Crippen molar-refractivity contribution in [2.75, 3.05) is 7.11 Å². The summed E-state index contributed by atoms with van der Waals surface area (Å²) in [4.78, 5) is 4.30. The van der Waals surface area contributed by atoms with Crippen molar-refractivity contribution in [3.8, 4) is 17.3 Å². The summed E-state index contributed by atoms with van der Waals surface area (Å²) in [6.07, 6.45) is 7.32. The van der Waals surface area contributed by atoms with E-state index in [9.17, 15) is 5.11 Å². The molecule has 3 aromatic heterocycles. The van der Waals surface area contributed by atoms with E-state index in [1.54, 1.807) is 28.8 Å². The summed E-state index contributed by atoms with van der Waals surface area (Å²) in [6.45, 7) is 2.02. The highest BCUT2D eigenvalue weighted by Crippen LogP contribution is 2.32. The van der Waals surface area contributed by atoms with Gasteiger partial charge in [0.1, 0.15) is 11.4 Å². The summed E-state index contributed by atoms with van der Waals surface area (Å²) in [5, 5.41) is 15.7. The van der Waals surface area contributed by atoms with E-state index >= 15 is 0 Å². The fraction of sp³-hybridized carbons (Fsp3) is 0.158. The number of fused-ring (bicyclic) bond motifs is 1. The molecule has 6 heteroatoms. The van der Waals surface area contributed by atoms with Crippen LogP contribution >= 0.6 is 0 Å². The van der Waals surface area contributed by atoms with Crippen LogP contribution in [0.5, 0.6) is 11.6 Å². The van der Waals surface area contributed by atoms with E-state index in [0.29, 0.717) is 0 Å². The summed E-state index contributed by atoms with van der Waals surface area (Å²) in [6, 6.07) is 11.3. The average molecular weight is 334 g/mol. The number of benzene rings is 1. The van der Waals surface area contributed by atoms with Crippen molar-refractivity contribution in [2.24, 2.45) is 0 Å². The standard InChI is InChI=1S/C19H18N4O2/c1-13(22-12-16-15(19(22)24)6-5-9-20-16)14-10-21-23(11-14)17-7-3-4-8-18(17)25-2/h3-13,24H,1-2H3. The van der Waals surface area contributed by atoms with E-state index in [4.69, 9.17) is 4.74 Å². The van der Waals surface area contributed by atoms with Gasteiger partial charge in [-0.2, -0.15) is 5.10 Å². The molecule has 6 nitrogen and oxygen atoms in total. The number of aromatic hydroxyl groups is 1. The lowest BCUT2D eigenvalue weighted by Gasteiger charge is -2.13. The summed E-state index contributed by atoms with van der Waals surface area (Å²) in [5.41, 5.74) is 2.61. The molecule has 25 heavy (non-hydrogen) atoms. The van der Waals surface area contributed by atoms with Crippen LogP contribution < -0.4 is 4.74 Å². The maximum Gasteiger partial charge on any atom is 0.201 e. The first-order valence-corrected chi connectivity index (χ1v) is 8.01. The molecule has 4 rings (SSSR count). The Kier molecular flexibility index (Phi) is 3.65. The van der Waals surface area contributed by atoms with Gasteiger partial charge in [0.15, 0.2) is 0 Å². The zero-order chi connectivity index (χ0) is 17.4. The molecule has 0 saturated heterocycles. The lowest BCUT2D eigenvalue weighted by molar-refractivity contribution is 0.411. The smallest absolute Gasteiger partial charge is 0.201 e. The van der Waals surface area contributed by atoms with Gasteiger partial charge in [0.2, 0.25) is 5.88 Å². The summed E-state index contributed by atoms with van der Waals surface area (Å²) >= 11 is 0. The third-order valence-corrected chi connectivity index (χ3v) is 4.42. The second-order valence-corrected chi connectivity index (χ2v) is 5.86. The Morgan fingerprint density at radius 2 is 1.96 bits per heavy atom. The van der Waals surface area contributed by atoms with Crippen LogP contribution in [0.3, 0.4) is 0 Å². The van der Waals surface area contributed by atoms with Crippen LogP contribution in [-0.2, 0) is 0 Å². The van der Waals surface area contributed by atoms with E-state index in [1.807, 2.05) is 55.7 Å². The average Bonchev–Trinajstić information content (AvgIpc) is 3.27. The molecule has 0 aliphatic heterocycles. The lowest BCUT2D eigenvalue weighted by Crippen LogP contribution is -2.04. The van der Waals surface area contributed by atoms with E-state index in [-0.39, 0.29) is 11.9 Å². The molecule has 0 aliphatic carbocycles. The Bertz CT molecular complexity index is 1030. The molecule has 0 radical (unpaired) electrons. The van der Waals surface area contributed by atoms with Crippen LogP contribution in [0.15, 0.2) is 61.2 Å². The molecule has 1 N–H and O–H groups in total. The van der Waals surface area contributed by atoms with Crippen LogP contribution in [0.1, 0.15) is 18.5 Å². The molecule has 0 fully saturated rings. The number of hydrogen-bond donors (Lipinski definition) is 1. The zero-order valence-electron chi connectivity index (χ0n) is 14.0. The van der Waals surface area contributed by atoms with Crippen molar-refractivity contribution in [1.29, 1.82) is 0 Å². The van der Waals surface area contributed by atoms with Crippen molar-refractivity contribution in [1.82, 2.24) is 19.3 Å². The third kappa shape index (κ3) is 2.52. The number of hydrogen-bond acceptors (Lipinski definition) is 4. The van der Waals surface area contributed by atoms with E-state index in [0.717, 1.165) is 27.9 Å². The number of nitrogens with zero attached hydrogens (tertiary/aromatic N) is 4. The van der Waals surface area contributed by atoms with Crippen molar-refractivity contribution in [2.45, 2.75) is 13.0 Å². The highest BCUT2D eigenvalue weighted by Gasteiger charge is 2.17. The predicted octanol–water partition coefficient (Wildman–Crippen LogP) is 3.55. The molecule has 126 valence electrons. The van der Waals surface area contributed by atoms with Crippen LogP contribution in [0.25, 0.3) is 16.6 Å². The molecule has 0 spiro atoms. The molecule has 1 unspecified atom stereocenters. The maximum atomic E-state index is 10.5. The Morgan fingerprint density at radius 1 is 1.12 bits per heavy atom. The Hall–Kier alpha value is -3.28. The number of aromatic nitrogens is 4. The summed E-state index contributed by atoms with van der Waals surface area (Å²) < 4.78 is 8.99. The Morgan fingerprint density at radius 3 is 2.76 bits per heavy atom. The van der Waals surface area contributed by atoms with Gasteiger partial charge in [0.25, 0.3) is 0 Å². The molecule has 0 amide bonds. The van der Waals surface area contributed by atoms with Crippen molar-refractivity contribution >= 4 is 10.9 Å². The van der Waals surface area contributed by atoms with Gasteiger partial charge < -0.3 is 14.4 Å². The van der Waals surface area contributed by atoms with Gasteiger partial charge in [0.05, 0.1) is 30.3 Å². The molecule has 4 aromatic rings. The van der Waals surface area contributed by atoms with Crippen LogP contribution in [0.4, 0.5) is 0 Å². The number of pyridine rings is 1. The van der Waals surface area contributed by atoms with Crippen LogP contribution in [-0.4, -0.2) is 31.5 Å². The topological polar surface area (TPSA) is 65.1 Å². The van der Waals surface area contributed by atoms with Crippen molar-refractivity contribution in [3.63, 3.8) is 0 Å². The molecular formula is C19H18N4O2. The first kappa shape index (κ1) is 15.3. The highest BCUT2D eigenvalue weighted by atomic mass is 16.5. The van der Waals surface area contributed by atoms with E-state index < -0.39 is 0 Å². The number of methoxy groups -OCH3 is 1. The van der Waals surface area contributed by atoms with Gasteiger partial charge in [-0.25, -0.2) is 4.68 Å². The fourth-order valence-corrected chi connectivity index (χ4v) is 3.00. The van der Waals surface area contributed by atoms with Gasteiger partial charge in [0, 0.05) is 24.2 Å². The van der Waals surface area contributed by atoms with Crippen LogP contribution in [0, 0.1) is 0 Å². The zero-order valence-corrected chi connectivity index (χ0v) is 14.0. The monoisotopic (exact) mass is 334 g/mol. The molecule has 3 heterocycles. The molecule has 0 saturated carbocycles. The maximum absolute atomic E-state index is 10.5. The first-order chi connectivity index (χ1) is 12.2. The quantitative estimate of drug-likeness (QED) is 0.620. The first-order valence-electron chi connectivity index (χ1n) is 8.01. The number of para-hydroxylation sites is 2. The number of ether oxygens (including phenoxy) is 1. The van der Waals surface area contributed by atoms with Gasteiger partial charge in [-0.1, -0.05) is 12.1 Å². The largest absolute Gasteiger partial charge is 0.494 e. The minimum atomic E-state index is -0.0855. The molecule has 0 aliphatic rings. The third-order valence-electron chi connectivity index (χ3n) is 4.42. The Balaban J connectivity index is 1.73. The van der Waals surface area contributed by atoms with Gasteiger partial charge in [-0.05, 0) is 31.2 Å². The molecule has 0 bridgehead atoms. The summed E-state index contributed by atoms with van der Waals surface area (Å²) in [7, 11) is 1.64. The van der Waals surface area contributed by atoms with E-state index in [1.165, 1.54) is 0 Å². The second-order valence-electron chi connectivity index (χ2n) is 5.86.